The monoisotopic (exact) mass is 235 g/mol. The summed E-state index contributed by atoms with van der Waals surface area (Å²) in [6, 6.07) is 3.28. The molecule has 0 bridgehead atoms. The van der Waals surface area contributed by atoms with Crippen LogP contribution in [0.4, 0.5) is 0 Å². The number of hydrogen-bond acceptors (Lipinski definition) is 4. The minimum Gasteiger partial charge on any atom is -0.504 e. The first kappa shape index (κ1) is 11.9. The minimum absolute atomic E-state index is 0.0206. The maximum atomic E-state index is 11.1. The first-order valence-corrected chi connectivity index (χ1v) is 5.83. The topological polar surface area (TPSA) is 58.6 Å². The Morgan fingerprint density at radius 2 is 2.12 bits per heavy atom. The van der Waals surface area contributed by atoms with E-state index in [1.807, 2.05) is 0 Å². The number of phenolic OH excluding ortho intramolecular Hbond substituents is 1. The summed E-state index contributed by atoms with van der Waals surface area (Å²) in [5, 5.41) is 12.9. The van der Waals surface area contributed by atoms with E-state index >= 15 is 0 Å². The number of carbonyl (C=O) groups excluding carboxylic acids is 1. The molecule has 0 aromatic heterocycles. The van der Waals surface area contributed by atoms with Gasteiger partial charge in [0.2, 0.25) is 0 Å². The van der Waals surface area contributed by atoms with Crippen molar-refractivity contribution in [2.75, 3.05) is 20.2 Å². The molecule has 1 fully saturated rings. The van der Waals surface area contributed by atoms with Crippen molar-refractivity contribution < 1.29 is 14.6 Å². The number of nitrogens with one attached hydrogen (secondary N) is 1. The lowest BCUT2D eigenvalue weighted by Crippen LogP contribution is -2.27. The molecule has 4 heteroatoms. The van der Waals surface area contributed by atoms with Crippen LogP contribution in [0.1, 0.15) is 34.7 Å². The van der Waals surface area contributed by atoms with Crippen LogP contribution in [0, 0.1) is 0 Å². The van der Waals surface area contributed by atoms with Gasteiger partial charge in [-0.25, -0.2) is 0 Å². The van der Waals surface area contributed by atoms with Gasteiger partial charge in [0.1, 0.15) is 6.29 Å². The Kier molecular flexibility index (Phi) is 3.64. The SMILES string of the molecule is COc1cc(C2CCNCC2)c(C=O)cc1O. The molecule has 0 aliphatic carbocycles. The maximum Gasteiger partial charge on any atom is 0.160 e. The van der Waals surface area contributed by atoms with Crippen molar-refractivity contribution in [3.05, 3.63) is 23.3 Å². The van der Waals surface area contributed by atoms with Crippen LogP contribution in [0.5, 0.6) is 11.5 Å². The van der Waals surface area contributed by atoms with Gasteiger partial charge in [-0.3, -0.25) is 4.79 Å². The lowest BCUT2D eigenvalue weighted by molar-refractivity contribution is 0.112. The predicted molar refractivity (Wildman–Crippen MR) is 64.9 cm³/mol. The number of methoxy groups -OCH3 is 1. The first-order valence-electron chi connectivity index (χ1n) is 5.83. The smallest absolute Gasteiger partial charge is 0.160 e. The summed E-state index contributed by atoms with van der Waals surface area (Å²) in [5.74, 6) is 0.822. The highest BCUT2D eigenvalue weighted by atomic mass is 16.5. The highest BCUT2D eigenvalue weighted by Crippen LogP contribution is 2.35. The van der Waals surface area contributed by atoms with E-state index in [-0.39, 0.29) is 5.75 Å². The van der Waals surface area contributed by atoms with Crippen LogP contribution in [0.3, 0.4) is 0 Å². The lowest BCUT2D eigenvalue weighted by atomic mass is 9.87. The number of phenols is 1. The summed E-state index contributed by atoms with van der Waals surface area (Å²) in [7, 11) is 1.52. The van der Waals surface area contributed by atoms with E-state index in [0.29, 0.717) is 17.2 Å². The Hall–Kier alpha value is -1.55. The molecule has 1 aliphatic heterocycles. The van der Waals surface area contributed by atoms with Crippen molar-refractivity contribution >= 4 is 6.29 Å². The standard InChI is InChI=1S/C13H17NO3/c1-17-13-7-11(9-2-4-14-5-3-9)10(8-15)6-12(13)16/h6-9,14,16H,2-5H2,1H3. The quantitative estimate of drug-likeness (QED) is 0.783. The van der Waals surface area contributed by atoms with Crippen molar-refractivity contribution in [3.63, 3.8) is 0 Å². The summed E-state index contributed by atoms with van der Waals surface area (Å²) in [5.41, 5.74) is 1.55. The van der Waals surface area contributed by atoms with Crippen molar-refractivity contribution in [2.45, 2.75) is 18.8 Å². The van der Waals surface area contributed by atoms with Gasteiger partial charge in [-0.2, -0.15) is 0 Å². The van der Waals surface area contributed by atoms with E-state index in [0.717, 1.165) is 37.8 Å². The number of aromatic hydroxyl groups is 1. The molecule has 17 heavy (non-hydrogen) atoms. The third-order valence-electron chi connectivity index (χ3n) is 3.29. The van der Waals surface area contributed by atoms with E-state index < -0.39 is 0 Å². The van der Waals surface area contributed by atoms with Gasteiger partial charge in [0.05, 0.1) is 7.11 Å². The zero-order valence-corrected chi connectivity index (χ0v) is 9.90. The molecule has 1 aliphatic rings. The van der Waals surface area contributed by atoms with Crippen LogP contribution in [-0.2, 0) is 0 Å². The molecule has 1 saturated heterocycles. The zero-order chi connectivity index (χ0) is 12.3. The molecule has 0 radical (unpaired) electrons. The Morgan fingerprint density at radius 3 is 2.71 bits per heavy atom. The van der Waals surface area contributed by atoms with Crippen LogP contribution in [0.15, 0.2) is 12.1 Å². The minimum atomic E-state index is 0.0206. The third kappa shape index (κ3) is 2.42. The average Bonchev–Trinajstić information content (AvgIpc) is 2.39. The summed E-state index contributed by atoms with van der Waals surface area (Å²) >= 11 is 0. The molecule has 0 spiro atoms. The molecule has 2 N–H and O–H groups in total. The molecular formula is C13H17NO3. The van der Waals surface area contributed by atoms with Crippen LogP contribution < -0.4 is 10.1 Å². The second-order valence-corrected chi connectivity index (χ2v) is 4.30. The number of aldehydes is 1. The van der Waals surface area contributed by atoms with E-state index in [4.69, 9.17) is 4.74 Å². The number of ether oxygens (including phenoxy) is 1. The van der Waals surface area contributed by atoms with Crippen LogP contribution in [-0.4, -0.2) is 31.6 Å². The van der Waals surface area contributed by atoms with Gasteiger partial charge in [0, 0.05) is 5.56 Å². The predicted octanol–water partition coefficient (Wildman–Crippen LogP) is 1.68. The molecule has 1 heterocycles. The molecule has 2 rings (SSSR count). The molecule has 0 atom stereocenters. The molecule has 0 amide bonds. The summed E-state index contributed by atoms with van der Waals surface area (Å²) in [6.45, 7) is 1.93. The Morgan fingerprint density at radius 1 is 1.41 bits per heavy atom. The third-order valence-corrected chi connectivity index (χ3v) is 3.29. The second-order valence-electron chi connectivity index (χ2n) is 4.30. The van der Waals surface area contributed by atoms with Gasteiger partial charge in [-0.15, -0.1) is 0 Å². The van der Waals surface area contributed by atoms with E-state index in [9.17, 15) is 9.90 Å². The summed E-state index contributed by atoms with van der Waals surface area (Å²) in [4.78, 5) is 11.1. The van der Waals surface area contributed by atoms with Crippen LogP contribution in [0.25, 0.3) is 0 Å². The fourth-order valence-corrected chi connectivity index (χ4v) is 2.35. The van der Waals surface area contributed by atoms with Crippen molar-refractivity contribution in [2.24, 2.45) is 0 Å². The average molecular weight is 235 g/mol. The van der Waals surface area contributed by atoms with Crippen LogP contribution >= 0.6 is 0 Å². The maximum absolute atomic E-state index is 11.1. The molecule has 4 nitrogen and oxygen atoms in total. The van der Waals surface area contributed by atoms with Gasteiger partial charge >= 0.3 is 0 Å². The number of benzene rings is 1. The highest BCUT2D eigenvalue weighted by molar-refractivity contribution is 5.79. The lowest BCUT2D eigenvalue weighted by Gasteiger charge is -2.24. The second kappa shape index (κ2) is 5.19. The first-order chi connectivity index (χ1) is 8.26. The van der Waals surface area contributed by atoms with Gasteiger partial charge in [0.15, 0.2) is 11.5 Å². The van der Waals surface area contributed by atoms with Crippen molar-refractivity contribution in [3.8, 4) is 11.5 Å². The molecule has 0 unspecified atom stereocenters. The van der Waals surface area contributed by atoms with E-state index in [1.165, 1.54) is 13.2 Å². The fraction of sp³-hybridized carbons (Fsp3) is 0.462. The van der Waals surface area contributed by atoms with Crippen LogP contribution in [0.2, 0.25) is 0 Å². The van der Waals surface area contributed by atoms with Gasteiger partial charge < -0.3 is 15.2 Å². The van der Waals surface area contributed by atoms with Crippen molar-refractivity contribution in [1.82, 2.24) is 5.32 Å². The molecule has 0 saturated carbocycles. The molecule has 92 valence electrons. The molecular weight excluding hydrogens is 218 g/mol. The highest BCUT2D eigenvalue weighted by Gasteiger charge is 2.20. The Bertz CT molecular complexity index is 411. The zero-order valence-electron chi connectivity index (χ0n) is 9.90. The van der Waals surface area contributed by atoms with Gasteiger partial charge in [-0.05, 0) is 49.5 Å². The summed E-state index contributed by atoms with van der Waals surface area (Å²) < 4.78 is 5.09. The van der Waals surface area contributed by atoms with Gasteiger partial charge in [-0.1, -0.05) is 0 Å². The number of piperidine rings is 1. The van der Waals surface area contributed by atoms with Gasteiger partial charge in [0.25, 0.3) is 0 Å². The van der Waals surface area contributed by atoms with E-state index in [2.05, 4.69) is 5.32 Å². The Balaban J connectivity index is 2.39. The molecule has 1 aromatic rings. The number of carbonyl (C=O) groups is 1. The summed E-state index contributed by atoms with van der Waals surface area (Å²) in [6.07, 6.45) is 2.82. The number of hydrogen-bond donors (Lipinski definition) is 2. The largest absolute Gasteiger partial charge is 0.504 e. The number of rotatable bonds is 3. The Labute approximate surface area is 101 Å². The van der Waals surface area contributed by atoms with Crippen molar-refractivity contribution in [1.29, 1.82) is 0 Å². The normalized spacial score (nSPS) is 16.8. The fourth-order valence-electron chi connectivity index (χ4n) is 2.35. The van der Waals surface area contributed by atoms with E-state index in [1.54, 1.807) is 6.07 Å². The molecule has 1 aromatic carbocycles.